The zero-order valence-electron chi connectivity index (χ0n) is 20.2. The number of amides is 1. The molecule has 1 amide bonds. The highest BCUT2D eigenvalue weighted by Crippen LogP contribution is 2.40. The summed E-state index contributed by atoms with van der Waals surface area (Å²) < 4.78 is 16.3. The predicted octanol–water partition coefficient (Wildman–Crippen LogP) is 3.24. The lowest BCUT2D eigenvalue weighted by molar-refractivity contribution is -0.140. The Morgan fingerprint density at radius 1 is 1.00 bits per heavy atom. The van der Waals surface area contributed by atoms with Gasteiger partial charge in [-0.3, -0.25) is 14.5 Å². The molecule has 8 nitrogen and oxygen atoms in total. The Morgan fingerprint density at radius 3 is 2.29 bits per heavy atom. The van der Waals surface area contributed by atoms with Crippen LogP contribution in [-0.4, -0.2) is 79.7 Å². The second-order valence-electron chi connectivity index (χ2n) is 8.59. The van der Waals surface area contributed by atoms with E-state index in [1.54, 1.807) is 36.3 Å². The van der Waals surface area contributed by atoms with Crippen LogP contribution in [0, 0.1) is 0 Å². The van der Waals surface area contributed by atoms with Crippen molar-refractivity contribution in [3.05, 3.63) is 65.2 Å². The molecule has 2 saturated heterocycles. The fourth-order valence-corrected chi connectivity index (χ4v) is 4.40. The number of benzene rings is 2. The number of aliphatic hydroxyl groups is 1. The number of hydrogen-bond donors (Lipinski definition) is 1. The minimum Gasteiger partial charge on any atom is -0.507 e. The second kappa shape index (κ2) is 11.4. The number of nitrogens with zero attached hydrogens (tertiary/aromatic N) is 2. The predicted molar refractivity (Wildman–Crippen MR) is 131 cm³/mol. The standard InChI is InChI=1S/C27H32N2O6/c1-3-16-35-22-10-4-19(5-11-22)24-23(25(30)20-6-8-21(33-2)9-7-20)26(31)27(32)29(24)13-12-28-14-17-34-18-15-28/h4-11,24,30H,3,12-18H2,1-2H3. The molecule has 1 unspecified atom stereocenters. The van der Waals surface area contributed by atoms with Gasteiger partial charge in [0.2, 0.25) is 0 Å². The first-order valence-electron chi connectivity index (χ1n) is 12.0. The molecule has 0 radical (unpaired) electrons. The zero-order valence-corrected chi connectivity index (χ0v) is 20.2. The van der Waals surface area contributed by atoms with Gasteiger partial charge in [-0.25, -0.2) is 0 Å². The molecule has 2 heterocycles. The van der Waals surface area contributed by atoms with Crippen LogP contribution in [0.25, 0.3) is 5.76 Å². The molecular formula is C27H32N2O6. The van der Waals surface area contributed by atoms with Gasteiger partial charge in [-0.2, -0.15) is 0 Å². The largest absolute Gasteiger partial charge is 0.507 e. The van der Waals surface area contributed by atoms with E-state index in [0.29, 0.717) is 44.2 Å². The molecule has 186 valence electrons. The van der Waals surface area contributed by atoms with Gasteiger partial charge in [0, 0.05) is 31.7 Å². The molecule has 4 rings (SSSR count). The third kappa shape index (κ3) is 5.49. The fourth-order valence-electron chi connectivity index (χ4n) is 4.40. The Kier molecular flexibility index (Phi) is 8.05. The third-order valence-corrected chi connectivity index (χ3v) is 6.33. The van der Waals surface area contributed by atoms with Crippen LogP contribution in [0.15, 0.2) is 54.1 Å². The van der Waals surface area contributed by atoms with Crippen LogP contribution in [0.1, 0.15) is 30.5 Å². The van der Waals surface area contributed by atoms with E-state index in [9.17, 15) is 14.7 Å². The van der Waals surface area contributed by atoms with Crippen molar-refractivity contribution < 1.29 is 28.9 Å². The highest BCUT2D eigenvalue weighted by atomic mass is 16.5. The van der Waals surface area contributed by atoms with E-state index in [4.69, 9.17) is 14.2 Å². The van der Waals surface area contributed by atoms with E-state index in [1.807, 2.05) is 31.2 Å². The first-order valence-corrected chi connectivity index (χ1v) is 12.0. The number of methoxy groups -OCH3 is 1. The summed E-state index contributed by atoms with van der Waals surface area (Å²) in [6, 6.07) is 13.4. The van der Waals surface area contributed by atoms with Crippen molar-refractivity contribution >= 4 is 17.4 Å². The first kappa shape index (κ1) is 24.8. The van der Waals surface area contributed by atoms with Gasteiger partial charge in [-0.1, -0.05) is 19.1 Å². The number of carbonyl (C=O) groups is 2. The molecule has 0 bridgehead atoms. The topological polar surface area (TPSA) is 88.5 Å². The van der Waals surface area contributed by atoms with Gasteiger partial charge >= 0.3 is 0 Å². The summed E-state index contributed by atoms with van der Waals surface area (Å²) in [5.74, 6) is -0.139. The highest BCUT2D eigenvalue weighted by molar-refractivity contribution is 6.46. The quantitative estimate of drug-likeness (QED) is 0.335. The van der Waals surface area contributed by atoms with Crippen LogP contribution < -0.4 is 9.47 Å². The Labute approximate surface area is 205 Å². The van der Waals surface area contributed by atoms with Gasteiger partial charge in [-0.05, 0) is 48.4 Å². The summed E-state index contributed by atoms with van der Waals surface area (Å²) in [5, 5.41) is 11.2. The number of likely N-dealkylation sites (tertiary alicyclic amines) is 1. The van der Waals surface area contributed by atoms with Crippen molar-refractivity contribution in [2.45, 2.75) is 19.4 Å². The van der Waals surface area contributed by atoms with Gasteiger partial charge in [0.1, 0.15) is 17.3 Å². The molecule has 2 aliphatic rings. The van der Waals surface area contributed by atoms with Crippen molar-refractivity contribution in [2.75, 3.05) is 53.1 Å². The number of morpholine rings is 1. The maximum absolute atomic E-state index is 13.2. The molecule has 2 aromatic carbocycles. The van der Waals surface area contributed by atoms with Crippen LogP contribution in [0.5, 0.6) is 11.5 Å². The minimum absolute atomic E-state index is 0.0874. The number of Topliss-reactive ketones (excluding diaryl/α,β-unsaturated/α-hetero) is 1. The Balaban J connectivity index is 1.69. The van der Waals surface area contributed by atoms with Crippen LogP contribution in [-0.2, 0) is 14.3 Å². The van der Waals surface area contributed by atoms with Crippen LogP contribution in [0.2, 0.25) is 0 Å². The van der Waals surface area contributed by atoms with Crippen molar-refractivity contribution in [2.24, 2.45) is 0 Å². The Morgan fingerprint density at radius 2 is 1.66 bits per heavy atom. The number of rotatable bonds is 9. The molecule has 0 aromatic heterocycles. The summed E-state index contributed by atoms with van der Waals surface area (Å²) >= 11 is 0. The Hall–Kier alpha value is -3.36. The van der Waals surface area contributed by atoms with Crippen molar-refractivity contribution in [1.29, 1.82) is 0 Å². The maximum atomic E-state index is 13.2. The van der Waals surface area contributed by atoms with E-state index in [1.165, 1.54) is 0 Å². The van der Waals surface area contributed by atoms with E-state index >= 15 is 0 Å². The lowest BCUT2D eigenvalue weighted by Gasteiger charge is -2.31. The molecule has 0 aliphatic carbocycles. The van der Waals surface area contributed by atoms with E-state index in [2.05, 4.69) is 4.90 Å². The monoisotopic (exact) mass is 480 g/mol. The summed E-state index contributed by atoms with van der Waals surface area (Å²) in [5.41, 5.74) is 1.28. The summed E-state index contributed by atoms with van der Waals surface area (Å²) in [4.78, 5) is 30.1. The number of ketones is 1. The SMILES string of the molecule is CCCOc1ccc(C2C(=C(O)c3ccc(OC)cc3)C(=O)C(=O)N2CCN2CCOCC2)cc1. The van der Waals surface area contributed by atoms with Crippen molar-refractivity contribution in [1.82, 2.24) is 9.80 Å². The normalized spacial score (nSPS) is 20.3. The second-order valence-corrected chi connectivity index (χ2v) is 8.59. The zero-order chi connectivity index (χ0) is 24.8. The lowest BCUT2D eigenvalue weighted by Crippen LogP contribution is -2.42. The van der Waals surface area contributed by atoms with Crippen LogP contribution in [0.3, 0.4) is 0 Å². The van der Waals surface area contributed by atoms with Gasteiger partial charge < -0.3 is 24.2 Å². The maximum Gasteiger partial charge on any atom is 0.295 e. The smallest absolute Gasteiger partial charge is 0.295 e. The van der Waals surface area contributed by atoms with Gasteiger partial charge in [0.05, 0.1) is 38.5 Å². The minimum atomic E-state index is -0.696. The van der Waals surface area contributed by atoms with Gasteiger partial charge in [0.15, 0.2) is 0 Å². The molecular weight excluding hydrogens is 448 g/mol. The molecule has 0 spiro atoms. The summed E-state index contributed by atoms with van der Waals surface area (Å²) in [6.45, 7) is 6.49. The third-order valence-electron chi connectivity index (χ3n) is 6.33. The molecule has 1 atom stereocenters. The lowest BCUT2D eigenvalue weighted by atomic mass is 9.95. The molecule has 1 N–H and O–H groups in total. The number of aliphatic hydroxyl groups excluding tert-OH is 1. The summed E-state index contributed by atoms with van der Waals surface area (Å²) in [6.07, 6.45) is 0.894. The molecule has 0 saturated carbocycles. The van der Waals surface area contributed by atoms with Gasteiger partial charge in [-0.15, -0.1) is 0 Å². The molecule has 2 fully saturated rings. The molecule has 35 heavy (non-hydrogen) atoms. The highest BCUT2D eigenvalue weighted by Gasteiger charge is 2.46. The van der Waals surface area contributed by atoms with Crippen molar-refractivity contribution in [3.8, 4) is 11.5 Å². The number of hydrogen-bond acceptors (Lipinski definition) is 7. The van der Waals surface area contributed by atoms with E-state index in [0.717, 1.165) is 30.8 Å². The Bertz CT molecular complexity index is 1060. The van der Waals surface area contributed by atoms with Gasteiger partial charge in [0.25, 0.3) is 11.7 Å². The van der Waals surface area contributed by atoms with Crippen molar-refractivity contribution in [3.63, 3.8) is 0 Å². The van der Waals surface area contributed by atoms with E-state index < -0.39 is 17.7 Å². The fraction of sp³-hybridized carbons (Fsp3) is 0.407. The van der Waals surface area contributed by atoms with E-state index in [-0.39, 0.29) is 11.3 Å². The average Bonchev–Trinajstić information content (AvgIpc) is 3.16. The number of ether oxygens (including phenoxy) is 3. The molecule has 2 aromatic rings. The van der Waals surface area contributed by atoms with Crippen LogP contribution >= 0.6 is 0 Å². The molecule has 8 heteroatoms. The number of carbonyl (C=O) groups excluding carboxylic acids is 2. The summed E-state index contributed by atoms with van der Waals surface area (Å²) in [7, 11) is 1.56. The average molecular weight is 481 g/mol. The van der Waals surface area contributed by atoms with Crippen LogP contribution in [0.4, 0.5) is 0 Å². The first-order chi connectivity index (χ1) is 17.0. The molecule has 2 aliphatic heterocycles.